The largest absolute Gasteiger partial charge is 0.355 e. The van der Waals surface area contributed by atoms with Gasteiger partial charge in [0, 0.05) is 12.6 Å². The lowest BCUT2D eigenvalue weighted by Crippen LogP contribution is -2.41. The van der Waals surface area contributed by atoms with Gasteiger partial charge < -0.3 is 5.32 Å². The van der Waals surface area contributed by atoms with Crippen molar-refractivity contribution in [3.8, 4) is 0 Å². The molecule has 1 aromatic rings. The first-order valence-corrected chi connectivity index (χ1v) is 8.59. The highest BCUT2D eigenvalue weighted by molar-refractivity contribution is 7.88. The van der Waals surface area contributed by atoms with Gasteiger partial charge in [-0.15, -0.1) is 0 Å². The van der Waals surface area contributed by atoms with Gasteiger partial charge in [-0.2, -0.15) is 4.31 Å². The molecular formula is C14H20N2O3S. The average Bonchev–Trinajstić information content (AvgIpc) is 3.20. The predicted octanol–water partition coefficient (Wildman–Crippen LogP) is 0.769. The monoisotopic (exact) mass is 296 g/mol. The van der Waals surface area contributed by atoms with Gasteiger partial charge in [0.25, 0.3) is 0 Å². The van der Waals surface area contributed by atoms with Gasteiger partial charge >= 0.3 is 0 Å². The molecule has 1 aliphatic carbocycles. The van der Waals surface area contributed by atoms with E-state index in [9.17, 15) is 13.2 Å². The quantitative estimate of drug-likeness (QED) is 0.808. The van der Waals surface area contributed by atoms with E-state index in [-0.39, 0.29) is 18.5 Å². The van der Waals surface area contributed by atoms with Crippen molar-refractivity contribution < 1.29 is 13.2 Å². The van der Waals surface area contributed by atoms with Crippen LogP contribution in [0.4, 0.5) is 0 Å². The second-order valence-corrected chi connectivity index (χ2v) is 7.06. The van der Waals surface area contributed by atoms with E-state index in [2.05, 4.69) is 5.32 Å². The van der Waals surface area contributed by atoms with Crippen molar-refractivity contribution in [2.24, 2.45) is 0 Å². The molecule has 0 heterocycles. The van der Waals surface area contributed by atoms with E-state index in [4.69, 9.17) is 0 Å². The summed E-state index contributed by atoms with van der Waals surface area (Å²) in [5.74, 6) is -0.238. The normalized spacial score (nSPS) is 15.3. The van der Waals surface area contributed by atoms with Crippen LogP contribution in [0.5, 0.6) is 0 Å². The van der Waals surface area contributed by atoms with E-state index < -0.39 is 10.0 Å². The summed E-state index contributed by atoms with van der Waals surface area (Å²) in [6.07, 6.45) is 3.60. The summed E-state index contributed by atoms with van der Waals surface area (Å²) in [5.41, 5.74) is 1.15. The van der Waals surface area contributed by atoms with Gasteiger partial charge in [0.05, 0.1) is 12.8 Å². The Morgan fingerprint density at radius 3 is 2.50 bits per heavy atom. The van der Waals surface area contributed by atoms with Gasteiger partial charge in [-0.05, 0) is 24.8 Å². The molecule has 0 bridgehead atoms. The van der Waals surface area contributed by atoms with Crippen molar-refractivity contribution in [2.75, 3.05) is 19.3 Å². The van der Waals surface area contributed by atoms with Crippen molar-refractivity contribution in [1.82, 2.24) is 9.62 Å². The van der Waals surface area contributed by atoms with Crippen LogP contribution in [0.25, 0.3) is 0 Å². The Balaban J connectivity index is 1.77. The lowest BCUT2D eigenvalue weighted by molar-refractivity contribution is -0.121. The molecular weight excluding hydrogens is 276 g/mol. The van der Waals surface area contributed by atoms with Gasteiger partial charge in [-0.1, -0.05) is 30.3 Å². The van der Waals surface area contributed by atoms with E-state index in [1.165, 1.54) is 4.31 Å². The Bertz CT molecular complexity index is 553. The maximum atomic E-state index is 11.8. The molecule has 1 saturated carbocycles. The van der Waals surface area contributed by atoms with E-state index in [1.54, 1.807) is 0 Å². The third kappa shape index (κ3) is 4.61. The predicted molar refractivity (Wildman–Crippen MR) is 77.7 cm³/mol. The van der Waals surface area contributed by atoms with Crippen molar-refractivity contribution in [2.45, 2.75) is 25.3 Å². The van der Waals surface area contributed by atoms with Crippen LogP contribution in [0.3, 0.4) is 0 Å². The van der Waals surface area contributed by atoms with E-state index in [1.807, 2.05) is 30.3 Å². The molecule has 20 heavy (non-hydrogen) atoms. The van der Waals surface area contributed by atoms with Gasteiger partial charge in [0.15, 0.2) is 0 Å². The van der Waals surface area contributed by atoms with Crippen molar-refractivity contribution in [3.63, 3.8) is 0 Å². The average molecular weight is 296 g/mol. The molecule has 5 nitrogen and oxygen atoms in total. The molecule has 1 aliphatic rings. The van der Waals surface area contributed by atoms with Gasteiger partial charge in [-0.25, -0.2) is 8.42 Å². The molecule has 0 spiro atoms. The summed E-state index contributed by atoms with van der Waals surface area (Å²) in [5, 5.41) is 2.77. The summed E-state index contributed by atoms with van der Waals surface area (Å²) in [7, 11) is -3.30. The van der Waals surface area contributed by atoms with E-state index in [0.717, 1.165) is 31.1 Å². The van der Waals surface area contributed by atoms with E-state index >= 15 is 0 Å². The molecule has 0 aromatic heterocycles. The Hall–Kier alpha value is -1.40. The number of hydrogen-bond donors (Lipinski definition) is 1. The molecule has 0 unspecified atom stereocenters. The first kappa shape index (κ1) is 15.0. The lowest BCUT2D eigenvalue weighted by atomic mass is 10.1. The van der Waals surface area contributed by atoms with Gasteiger partial charge in [-0.3, -0.25) is 4.79 Å². The molecule has 2 rings (SSSR count). The minimum Gasteiger partial charge on any atom is -0.355 e. The molecule has 0 atom stereocenters. The number of nitrogens with zero attached hydrogens (tertiary/aromatic N) is 1. The summed E-state index contributed by atoms with van der Waals surface area (Å²) < 4.78 is 24.5. The third-order valence-corrected chi connectivity index (χ3v) is 4.54. The van der Waals surface area contributed by atoms with E-state index in [0.29, 0.717) is 6.54 Å². The van der Waals surface area contributed by atoms with Crippen LogP contribution < -0.4 is 5.32 Å². The smallest absolute Gasteiger partial charge is 0.235 e. The Kier molecular flexibility index (Phi) is 4.77. The fourth-order valence-electron chi connectivity index (χ4n) is 2.07. The molecule has 0 aliphatic heterocycles. The fourth-order valence-corrected chi connectivity index (χ4v) is 3.17. The molecule has 1 N–H and O–H groups in total. The molecule has 0 radical (unpaired) electrons. The minimum atomic E-state index is -3.30. The summed E-state index contributed by atoms with van der Waals surface area (Å²) in [6, 6.07) is 9.87. The molecule has 6 heteroatoms. The number of hydrogen-bond acceptors (Lipinski definition) is 3. The van der Waals surface area contributed by atoms with Crippen molar-refractivity contribution in [1.29, 1.82) is 0 Å². The number of carbonyl (C=O) groups excluding carboxylic acids is 1. The maximum Gasteiger partial charge on any atom is 0.235 e. The Morgan fingerprint density at radius 2 is 1.95 bits per heavy atom. The number of carbonyl (C=O) groups is 1. The summed E-state index contributed by atoms with van der Waals surface area (Å²) in [4.78, 5) is 11.8. The highest BCUT2D eigenvalue weighted by Gasteiger charge is 2.36. The van der Waals surface area contributed by atoms with Gasteiger partial charge in [0.2, 0.25) is 15.9 Å². The SMILES string of the molecule is CS(=O)(=O)N(CC(=O)NCCc1ccccc1)C1CC1. The number of benzene rings is 1. The van der Waals surface area contributed by atoms with Crippen molar-refractivity contribution >= 4 is 15.9 Å². The number of nitrogens with one attached hydrogen (secondary N) is 1. The minimum absolute atomic E-state index is 0.0184. The molecule has 110 valence electrons. The molecule has 1 fully saturated rings. The molecule has 1 amide bonds. The first-order chi connectivity index (χ1) is 9.47. The second-order valence-electron chi connectivity index (χ2n) is 5.12. The Morgan fingerprint density at radius 1 is 1.30 bits per heavy atom. The topological polar surface area (TPSA) is 66.5 Å². The maximum absolute atomic E-state index is 11.8. The highest BCUT2D eigenvalue weighted by Crippen LogP contribution is 2.28. The summed E-state index contributed by atoms with van der Waals surface area (Å²) in [6.45, 7) is 0.448. The van der Waals surface area contributed by atoms with Crippen molar-refractivity contribution in [3.05, 3.63) is 35.9 Å². The Labute approximate surface area is 120 Å². The van der Waals surface area contributed by atoms with Crippen LogP contribution in [0, 0.1) is 0 Å². The van der Waals surface area contributed by atoms with Gasteiger partial charge in [0.1, 0.15) is 0 Å². The number of amides is 1. The van der Waals surface area contributed by atoms with Crippen LogP contribution in [-0.2, 0) is 21.2 Å². The van der Waals surface area contributed by atoms with Crippen LogP contribution >= 0.6 is 0 Å². The fraction of sp³-hybridized carbons (Fsp3) is 0.500. The second kappa shape index (κ2) is 6.37. The third-order valence-electron chi connectivity index (χ3n) is 3.26. The molecule has 0 saturated heterocycles. The zero-order valence-corrected chi connectivity index (χ0v) is 12.4. The number of sulfonamides is 1. The van der Waals surface area contributed by atoms with Crippen LogP contribution in [0.2, 0.25) is 0 Å². The van der Waals surface area contributed by atoms with Crippen LogP contribution in [0.1, 0.15) is 18.4 Å². The lowest BCUT2D eigenvalue weighted by Gasteiger charge is -2.18. The van der Waals surface area contributed by atoms with Crippen LogP contribution in [-0.4, -0.2) is 44.0 Å². The first-order valence-electron chi connectivity index (χ1n) is 6.74. The molecule has 1 aromatic carbocycles. The highest BCUT2D eigenvalue weighted by atomic mass is 32.2. The number of rotatable bonds is 7. The van der Waals surface area contributed by atoms with Crippen LogP contribution in [0.15, 0.2) is 30.3 Å². The zero-order chi connectivity index (χ0) is 14.6. The zero-order valence-electron chi connectivity index (χ0n) is 11.6. The standard InChI is InChI=1S/C14H20N2O3S/c1-20(18,19)16(13-7-8-13)11-14(17)15-10-9-12-5-3-2-4-6-12/h2-6,13H,7-11H2,1H3,(H,15,17). The summed E-state index contributed by atoms with van der Waals surface area (Å²) >= 11 is 0.